The maximum atomic E-state index is 12.0. The van der Waals surface area contributed by atoms with Crippen LogP contribution in [0.25, 0.3) is 10.8 Å². The fraction of sp³-hybridized carbons (Fsp3) is 0.421. The van der Waals surface area contributed by atoms with E-state index in [-0.39, 0.29) is 12.5 Å². The number of ether oxygens (including phenoxy) is 1. The largest absolute Gasteiger partial charge is 0.484 e. The Kier molecular flexibility index (Phi) is 5.41. The molecule has 0 aliphatic heterocycles. The Labute approximate surface area is 151 Å². The van der Waals surface area contributed by atoms with Gasteiger partial charge in [-0.15, -0.1) is 0 Å². The molecule has 1 unspecified atom stereocenters. The van der Waals surface area contributed by atoms with Crippen molar-refractivity contribution in [2.75, 3.05) is 20.2 Å². The highest BCUT2D eigenvalue weighted by molar-refractivity contribution is 9.10. The number of halogens is 1. The number of carbonyl (C=O) groups excluding carboxylic acids is 1. The summed E-state index contributed by atoms with van der Waals surface area (Å²) in [6.45, 7) is 2.84. The van der Waals surface area contributed by atoms with Crippen LogP contribution >= 0.6 is 15.9 Å². The van der Waals surface area contributed by atoms with E-state index in [1.165, 1.54) is 12.8 Å². The molecule has 128 valence electrons. The van der Waals surface area contributed by atoms with Gasteiger partial charge in [-0.05, 0) is 61.9 Å². The third-order valence-electron chi connectivity index (χ3n) is 4.56. The first kappa shape index (κ1) is 17.2. The van der Waals surface area contributed by atoms with Crippen molar-refractivity contribution in [3.8, 4) is 5.75 Å². The molecule has 0 radical (unpaired) electrons. The van der Waals surface area contributed by atoms with E-state index in [0.29, 0.717) is 24.4 Å². The number of rotatable bonds is 7. The summed E-state index contributed by atoms with van der Waals surface area (Å²) in [4.78, 5) is 14.3. The van der Waals surface area contributed by atoms with Crippen molar-refractivity contribution in [2.24, 2.45) is 0 Å². The highest BCUT2D eigenvalue weighted by Gasteiger charge is 2.29. The van der Waals surface area contributed by atoms with Gasteiger partial charge in [0.2, 0.25) is 0 Å². The Morgan fingerprint density at radius 2 is 2.00 bits per heavy atom. The summed E-state index contributed by atoms with van der Waals surface area (Å²) in [5, 5.41) is 5.18. The SMILES string of the molecule is CC(CNC(=O)COc1ccc2cc(Br)ccc2c1)N(C)C1CC1. The number of amides is 1. The van der Waals surface area contributed by atoms with Gasteiger partial charge in [0.1, 0.15) is 5.75 Å². The summed E-state index contributed by atoms with van der Waals surface area (Å²) >= 11 is 3.46. The van der Waals surface area contributed by atoms with Gasteiger partial charge in [-0.2, -0.15) is 0 Å². The van der Waals surface area contributed by atoms with Gasteiger partial charge < -0.3 is 10.1 Å². The normalized spacial score (nSPS) is 15.5. The maximum absolute atomic E-state index is 12.0. The number of fused-ring (bicyclic) bond motifs is 1. The fourth-order valence-electron chi connectivity index (χ4n) is 2.73. The zero-order chi connectivity index (χ0) is 17.1. The van der Waals surface area contributed by atoms with Gasteiger partial charge in [0.05, 0.1) is 0 Å². The predicted molar refractivity (Wildman–Crippen MR) is 100 cm³/mol. The quantitative estimate of drug-likeness (QED) is 0.785. The van der Waals surface area contributed by atoms with Gasteiger partial charge in [-0.1, -0.05) is 28.1 Å². The Balaban J connectivity index is 1.48. The minimum atomic E-state index is -0.0815. The molecule has 1 N–H and O–H groups in total. The molecular weight excluding hydrogens is 368 g/mol. The zero-order valence-electron chi connectivity index (χ0n) is 14.1. The zero-order valence-corrected chi connectivity index (χ0v) is 15.7. The van der Waals surface area contributed by atoms with Crippen LogP contribution in [-0.4, -0.2) is 43.1 Å². The van der Waals surface area contributed by atoms with Gasteiger partial charge in [-0.3, -0.25) is 9.69 Å². The number of hydrogen-bond acceptors (Lipinski definition) is 3. The second-order valence-corrected chi connectivity index (χ2v) is 7.41. The molecule has 0 heterocycles. The van der Waals surface area contributed by atoms with E-state index in [9.17, 15) is 4.79 Å². The van der Waals surface area contributed by atoms with Gasteiger partial charge >= 0.3 is 0 Å². The van der Waals surface area contributed by atoms with Crippen molar-refractivity contribution >= 4 is 32.6 Å². The topological polar surface area (TPSA) is 41.6 Å². The molecule has 24 heavy (non-hydrogen) atoms. The lowest BCUT2D eigenvalue weighted by molar-refractivity contribution is -0.123. The molecule has 3 rings (SSSR count). The third kappa shape index (κ3) is 4.48. The second-order valence-electron chi connectivity index (χ2n) is 6.49. The first-order valence-corrected chi connectivity index (χ1v) is 9.13. The number of hydrogen-bond donors (Lipinski definition) is 1. The molecule has 1 amide bonds. The first-order chi connectivity index (χ1) is 11.5. The van der Waals surface area contributed by atoms with Crippen molar-refractivity contribution in [3.63, 3.8) is 0 Å². The molecule has 1 aliphatic carbocycles. The van der Waals surface area contributed by atoms with Crippen LogP contribution in [0.5, 0.6) is 5.75 Å². The van der Waals surface area contributed by atoms with Crippen molar-refractivity contribution in [1.82, 2.24) is 10.2 Å². The van der Waals surface area contributed by atoms with Crippen molar-refractivity contribution in [3.05, 3.63) is 40.9 Å². The van der Waals surface area contributed by atoms with E-state index in [0.717, 1.165) is 15.2 Å². The number of carbonyl (C=O) groups is 1. The number of benzene rings is 2. The van der Waals surface area contributed by atoms with E-state index < -0.39 is 0 Å². The molecule has 1 atom stereocenters. The average molecular weight is 391 g/mol. The molecule has 0 spiro atoms. The smallest absolute Gasteiger partial charge is 0.257 e. The highest BCUT2D eigenvalue weighted by atomic mass is 79.9. The van der Waals surface area contributed by atoms with Gasteiger partial charge in [0.25, 0.3) is 5.91 Å². The molecule has 4 nitrogen and oxygen atoms in total. The second kappa shape index (κ2) is 7.53. The third-order valence-corrected chi connectivity index (χ3v) is 5.05. The van der Waals surface area contributed by atoms with E-state index in [2.05, 4.69) is 46.2 Å². The maximum Gasteiger partial charge on any atom is 0.257 e. The van der Waals surface area contributed by atoms with E-state index in [4.69, 9.17) is 4.74 Å². The summed E-state index contributed by atoms with van der Waals surface area (Å²) in [6.07, 6.45) is 2.55. The standard InChI is InChI=1S/C19H23BrN2O2/c1-13(22(2)17-6-7-17)11-21-19(23)12-24-18-8-4-14-9-16(20)5-3-15(14)10-18/h3-5,8-10,13,17H,6-7,11-12H2,1-2H3,(H,21,23). The lowest BCUT2D eigenvalue weighted by Crippen LogP contribution is -2.42. The van der Waals surface area contributed by atoms with E-state index in [1.54, 1.807) is 0 Å². The van der Waals surface area contributed by atoms with Crippen LogP contribution in [0.4, 0.5) is 0 Å². The lowest BCUT2D eigenvalue weighted by atomic mass is 10.1. The summed E-state index contributed by atoms with van der Waals surface area (Å²) in [5.41, 5.74) is 0. The van der Waals surface area contributed by atoms with E-state index >= 15 is 0 Å². The molecule has 5 heteroatoms. The molecule has 0 aromatic heterocycles. The minimum Gasteiger partial charge on any atom is -0.484 e. The molecule has 2 aromatic carbocycles. The Morgan fingerprint density at radius 3 is 2.75 bits per heavy atom. The Morgan fingerprint density at radius 1 is 1.29 bits per heavy atom. The highest BCUT2D eigenvalue weighted by Crippen LogP contribution is 2.26. The fourth-order valence-corrected chi connectivity index (χ4v) is 3.11. The lowest BCUT2D eigenvalue weighted by Gasteiger charge is -2.24. The van der Waals surface area contributed by atoms with Crippen LogP contribution in [0.3, 0.4) is 0 Å². The van der Waals surface area contributed by atoms with Crippen molar-refractivity contribution in [2.45, 2.75) is 31.8 Å². The number of nitrogens with one attached hydrogen (secondary N) is 1. The van der Waals surface area contributed by atoms with Crippen molar-refractivity contribution in [1.29, 1.82) is 0 Å². The summed E-state index contributed by atoms with van der Waals surface area (Å²) in [7, 11) is 2.12. The molecule has 2 aromatic rings. The average Bonchev–Trinajstić information content (AvgIpc) is 3.42. The predicted octanol–water partition coefficient (Wildman–Crippen LogP) is 3.58. The van der Waals surface area contributed by atoms with Crippen LogP contribution in [0.15, 0.2) is 40.9 Å². The van der Waals surface area contributed by atoms with Crippen LogP contribution in [0.1, 0.15) is 19.8 Å². The first-order valence-electron chi connectivity index (χ1n) is 8.33. The molecule has 1 saturated carbocycles. The summed E-state index contributed by atoms with van der Waals surface area (Å²) in [6, 6.07) is 13.0. The van der Waals surface area contributed by atoms with Crippen LogP contribution in [0.2, 0.25) is 0 Å². The Bertz CT molecular complexity index is 730. The Hall–Kier alpha value is -1.59. The number of nitrogens with zero attached hydrogens (tertiary/aromatic N) is 1. The van der Waals surface area contributed by atoms with Crippen LogP contribution in [0, 0.1) is 0 Å². The molecule has 0 saturated heterocycles. The minimum absolute atomic E-state index is 0.0435. The summed E-state index contributed by atoms with van der Waals surface area (Å²) in [5.74, 6) is 0.630. The molecule has 1 aliphatic rings. The van der Waals surface area contributed by atoms with E-state index in [1.807, 2.05) is 30.3 Å². The number of likely N-dealkylation sites (N-methyl/N-ethyl adjacent to an activating group) is 1. The molecular formula is C19H23BrN2O2. The van der Waals surface area contributed by atoms with Crippen molar-refractivity contribution < 1.29 is 9.53 Å². The molecule has 1 fully saturated rings. The van der Waals surface area contributed by atoms with Gasteiger partial charge in [0, 0.05) is 23.1 Å². The van der Waals surface area contributed by atoms with Crippen LogP contribution < -0.4 is 10.1 Å². The van der Waals surface area contributed by atoms with Gasteiger partial charge in [0.15, 0.2) is 6.61 Å². The monoisotopic (exact) mass is 390 g/mol. The summed E-state index contributed by atoms with van der Waals surface area (Å²) < 4.78 is 6.67. The van der Waals surface area contributed by atoms with Crippen LogP contribution in [-0.2, 0) is 4.79 Å². The molecule has 0 bridgehead atoms. The van der Waals surface area contributed by atoms with Gasteiger partial charge in [-0.25, -0.2) is 0 Å².